The molecule has 1 aliphatic rings. The van der Waals surface area contributed by atoms with Crippen molar-refractivity contribution in [2.24, 2.45) is 0 Å². The Hall–Kier alpha value is -3.40. The highest BCUT2D eigenvalue weighted by molar-refractivity contribution is 6.02. The standard InChI is InChI=1S/C19H23N9O/c1-13-10-14(2)28(25-13)17-5-4-15(23-24-17)19(29)22-16-11-18(21-12-20-16)27-8-6-26(3)7-9-27/h4-5,10-12H,6-9H2,1-3H3,(H,20,21,22,29). The van der Waals surface area contributed by atoms with Crippen molar-refractivity contribution in [1.82, 2.24) is 34.8 Å². The maximum Gasteiger partial charge on any atom is 0.277 e. The first-order valence-corrected chi connectivity index (χ1v) is 9.44. The SMILES string of the molecule is Cc1cc(C)n(-c2ccc(C(=O)Nc3cc(N4CCN(C)CC4)ncn3)nn2)n1. The summed E-state index contributed by atoms with van der Waals surface area (Å²) in [5.41, 5.74) is 2.05. The third-order valence-corrected chi connectivity index (χ3v) is 4.83. The molecule has 10 nitrogen and oxygen atoms in total. The lowest BCUT2D eigenvalue weighted by atomic mass is 10.3. The monoisotopic (exact) mass is 393 g/mol. The van der Waals surface area contributed by atoms with Crippen molar-refractivity contribution < 1.29 is 4.79 Å². The second-order valence-corrected chi connectivity index (χ2v) is 7.12. The molecule has 0 bridgehead atoms. The van der Waals surface area contributed by atoms with Crippen LogP contribution in [-0.4, -0.2) is 74.0 Å². The van der Waals surface area contributed by atoms with Gasteiger partial charge in [0.15, 0.2) is 11.5 Å². The summed E-state index contributed by atoms with van der Waals surface area (Å²) in [7, 11) is 2.10. The van der Waals surface area contributed by atoms with E-state index in [2.05, 4.69) is 47.4 Å². The van der Waals surface area contributed by atoms with Gasteiger partial charge in [-0.3, -0.25) is 4.79 Å². The van der Waals surface area contributed by atoms with Gasteiger partial charge in [-0.15, -0.1) is 10.2 Å². The summed E-state index contributed by atoms with van der Waals surface area (Å²) in [6.45, 7) is 7.58. The molecule has 10 heteroatoms. The molecule has 0 aromatic carbocycles. The van der Waals surface area contributed by atoms with Gasteiger partial charge in [-0.25, -0.2) is 14.6 Å². The third-order valence-electron chi connectivity index (χ3n) is 4.83. The molecule has 0 aliphatic carbocycles. The van der Waals surface area contributed by atoms with Gasteiger partial charge in [0.05, 0.1) is 5.69 Å². The molecule has 0 atom stereocenters. The summed E-state index contributed by atoms with van der Waals surface area (Å²) < 4.78 is 1.69. The molecule has 1 saturated heterocycles. The first-order valence-electron chi connectivity index (χ1n) is 9.44. The lowest BCUT2D eigenvalue weighted by molar-refractivity contribution is 0.102. The number of likely N-dealkylation sites (N-methyl/N-ethyl adjacent to an activating group) is 1. The Labute approximate surface area is 168 Å². The van der Waals surface area contributed by atoms with Crippen LogP contribution in [0.2, 0.25) is 0 Å². The Kier molecular flexibility index (Phi) is 5.17. The lowest BCUT2D eigenvalue weighted by Crippen LogP contribution is -2.44. The Morgan fingerprint density at radius 3 is 2.45 bits per heavy atom. The van der Waals surface area contributed by atoms with Crippen LogP contribution in [0.4, 0.5) is 11.6 Å². The molecule has 4 heterocycles. The number of amides is 1. The first kappa shape index (κ1) is 18.9. The predicted molar refractivity (Wildman–Crippen MR) is 108 cm³/mol. The van der Waals surface area contributed by atoms with Crippen LogP contribution in [0.1, 0.15) is 21.9 Å². The van der Waals surface area contributed by atoms with Gasteiger partial charge in [0.1, 0.15) is 18.0 Å². The molecular weight excluding hydrogens is 370 g/mol. The van der Waals surface area contributed by atoms with Crippen molar-refractivity contribution in [3.8, 4) is 5.82 Å². The van der Waals surface area contributed by atoms with Gasteiger partial charge >= 0.3 is 0 Å². The number of nitrogens with one attached hydrogen (secondary N) is 1. The molecule has 1 fully saturated rings. The van der Waals surface area contributed by atoms with E-state index >= 15 is 0 Å². The zero-order valence-corrected chi connectivity index (χ0v) is 16.7. The molecule has 1 amide bonds. The molecule has 4 rings (SSSR count). The van der Waals surface area contributed by atoms with Crippen molar-refractivity contribution >= 4 is 17.5 Å². The zero-order chi connectivity index (χ0) is 20.4. The van der Waals surface area contributed by atoms with Crippen LogP contribution >= 0.6 is 0 Å². The van der Waals surface area contributed by atoms with Gasteiger partial charge in [0, 0.05) is 37.9 Å². The molecule has 0 unspecified atom stereocenters. The van der Waals surface area contributed by atoms with E-state index in [4.69, 9.17) is 0 Å². The van der Waals surface area contributed by atoms with Crippen LogP contribution in [0.3, 0.4) is 0 Å². The number of rotatable bonds is 4. The normalized spacial score (nSPS) is 14.8. The molecule has 1 aliphatic heterocycles. The molecular formula is C19H23N9O. The molecule has 0 radical (unpaired) electrons. The summed E-state index contributed by atoms with van der Waals surface area (Å²) in [6.07, 6.45) is 1.46. The van der Waals surface area contributed by atoms with Crippen molar-refractivity contribution in [3.05, 3.63) is 47.7 Å². The number of hydrogen-bond donors (Lipinski definition) is 1. The van der Waals surface area contributed by atoms with E-state index in [1.807, 2.05) is 19.9 Å². The molecule has 0 spiro atoms. The summed E-state index contributed by atoms with van der Waals surface area (Å²) >= 11 is 0. The minimum Gasteiger partial charge on any atom is -0.354 e. The van der Waals surface area contributed by atoms with Gasteiger partial charge in [-0.1, -0.05) is 0 Å². The van der Waals surface area contributed by atoms with Gasteiger partial charge in [-0.05, 0) is 39.1 Å². The largest absolute Gasteiger partial charge is 0.354 e. The van der Waals surface area contributed by atoms with Crippen LogP contribution in [0, 0.1) is 13.8 Å². The minimum absolute atomic E-state index is 0.204. The van der Waals surface area contributed by atoms with E-state index in [1.54, 1.807) is 22.9 Å². The summed E-state index contributed by atoms with van der Waals surface area (Å²) in [6, 6.07) is 7.07. The van der Waals surface area contributed by atoms with Gasteiger partial charge < -0.3 is 15.1 Å². The fourth-order valence-electron chi connectivity index (χ4n) is 3.22. The second kappa shape index (κ2) is 7.92. The molecule has 1 N–H and O–H groups in total. The summed E-state index contributed by atoms with van der Waals surface area (Å²) in [5.74, 6) is 1.42. The fraction of sp³-hybridized carbons (Fsp3) is 0.368. The maximum atomic E-state index is 12.5. The average Bonchev–Trinajstić information content (AvgIpc) is 3.07. The third kappa shape index (κ3) is 4.21. The van der Waals surface area contributed by atoms with Crippen LogP contribution in [0.25, 0.3) is 5.82 Å². The highest BCUT2D eigenvalue weighted by Crippen LogP contribution is 2.16. The van der Waals surface area contributed by atoms with Gasteiger partial charge in [0.2, 0.25) is 0 Å². The smallest absolute Gasteiger partial charge is 0.277 e. The number of carbonyl (C=O) groups is 1. The van der Waals surface area contributed by atoms with Crippen LogP contribution in [0.5, 0.6) is 0 Å². The molecule has 0 saturated carbocycles. The Bertz CT molecular complexity index is 1010. The van der Waals surface area contributed by atoms with E-state index in [1.165, 1.54) is 6.33 Å². The van der Waals surface area contributed by atoms with Crippen LogP contribution < -0.4 is 10.2 Å². The van der Waals surface area contributed by atoms with E-state index in [0.717, 1.165) is 43.4 Å². The minimum atomic E-state index is -0.375. The van der Waals surface area contributed by atoms with Crippen molar-refractivity contribution in [2.45, 2.75) is 13.8 Å². The van der Waals surface area contributed by atoms with Crippen LogP contribution in [0.15, 0.2) is 30.6 Å². The number of carbonyl (C=O) groups excluding carboxylic acids is 1. The predicted octanol–water partition coefficient (Wildman–Crippen LogP) is 1.07. The Morgan fingerprint density at radius 2 is 1.79 bits per heavy atom. The van der Waals surface area contributed by atoms with Gasteiger partial charge in [-0.2, -0.15) is 5.10 Å². The number of hydrogen-bond acceptors (Lipinski definition) is 8. The summed E-state index contributed by atoms with van der Waals surface area (Å²) in [4.78, 5) is 25.5. The topological polar surface area (TPSA) is 105 Å². The summed E-state index contributed by atoms with van der Waals surface area (Å²) in [5, 5.41) is 15.3. The number of piperazine rings is 1. The van der Waals surface area contributed by atoms with Crippen molar-refractivity contribution in [3.63, 3.8) is 0 Å². The molecule has 3 aromatic heterocycles. The molecule has 3 aromatic rings. The number of anilines is 2. The average molecular weight is 393 g/mol. The first-order chi connectivity index (χ1) is 14.0. The number of nitrogens with zero attached hydrogens (tertiary/aromatic N) is 8. The number of aryl methyl sites for hydroxylation is 2. The maximum absolute atomic E-state index is 12.5. The Balaban J connectivity index is 1.45. The van der Waals surface area contributed by atoms with E-state index in [-0.39, 0.29) is 11.6 Å². The second-order valence-electron chi connectivity index (χ2n) is 7.12. The molecule has 150 valence electrons. The highest BCUT2D eigenvalue weighted by atomic mass is 16.2. The van der Waals surface area contributed by atoms with Gasteiger partial charge in [0.25, 0.3) is 5.91 Å². The Morgan fingerprint density at radius 1 is 1.00 bits per heavy atom. The zero-order valence-electron chi connectivity index (χ0n) is 16.7. The lowest BCUT2D eigenvalue weighted by Gasteiger charge is -2.33. The van der Waals surface area contributed by atoms with Crippen molar-refractivity contribution in [2.75, 3.05) is 43.4 Å². The number of aromatic nitrogens is 6. The van der Waals surface area contributed by atoms with Crippen molar-refractivity contribution in [1.29, 1.82) is 0 Å². The quantitative estimate of drug-likeness (QED) is 0.702. The molecule has 29 heavy (non-hydrogen) atoms. The van der Waals surface area contributed by atoms with E-state index < -0.39 is 0 Å². The van der Waals surface area contributed by atoms with E-state index in [9.17, 15) is 4.79 Å². The highest BCUT2D eigenvalue weighted by Gasteiger charge is 2.17. The fourth-order valence-corrected chi connectivity index (χ4v) is 3.22. The van der Waals surface area contributed by atoms with E-state index in [0.29, 0.717) is 11.6 Å². The van der Waals surface area contributed by atoms with Crippen LogP contribution in [-0.2, 0) is 0 Å².